The van der Waals surface area contributed by atoms with Crippen LogP contribution in [-0.4, -0.2) is 53.0 Å². The van der Waals surface area contributed by atoms with Gasteiger partial charge in [0.25, 0.3) is 5.91 Å². The van der Waals surface area contributed by atoms with Crippen LogP contribution in [0.5, 0.6) is 0 Å². The number of halogens is 2. The zero-order chi connectivity index (χ0) is 22.8. The van der Waals surface area contributed by atoms with Gasteiger partial charge >= 0.3 is 0 Å². The van der Waals surface area contributed by atoms with E-state index in [0.29, 0.717) is 18.1 Å². The monoisotopic (exact) mass is 445 g/mol. The molecule has 10 heteroatoms. The molecule has 1 fully saturated rings. The SMILES string of the molecule is C[C@H](N)[C@@H](CC1CC1)Nc1nc(N=C2C=CC3=CNN(CCF)C3C2)c(C(N)=O)cc1F. The average Bonchev–Trinajstić information content (AvgIpc) is 3.49. The molecule has 0 radical (unpaired) electrons. The molecule has 1 aliphatic heterocycles. The molecule has 0 aromatic carbocycles. The minimum absolute atomic E-state index is 0.000683. The van der Waals surface area contributed by atoms with Gasteiger partial charge in [0.05, 0.1) is 11.6 Å². The van der Waals surface area contributed by atoms with E-state index in [4.69, 9.17) is 11.5 Å². The molecule has 1 aromatic heterocycles. The second-order valence-corrected chi connectivity index (χ2v) is 8.66. The predicted molar refractivity (Wildman–Crippen MR) is 120 cm³/mol. The number of carbonyl (C=O) groups is 1. The number of pyridine rings is 1. The van der Waals surface area contributed by atoms with E-state index in [-0.39, 0.29) is 41.9 Å². The Kier molecular flexibility index (Phi) is 6.52. The van der Waals surface area contributed by atoms with Gasteiger partial charge in [-0.1, -0.05) is 18.9 Å². The number of nitrogens with two attached hydrogens (primary N) is 2. The fourth-order valence-electron chi connectivity index (χ4n) is 4.04. The molecule has 2 heterocycles. The summed E-state index contributed by atoms with van der Waals surface area (Å²) in [5.41, 5.74) is 16.2. The molecule has 1 unspecified atom stereocenters. The molecule has 1 saturated carbocycles. The van der Waals surface area contributed by atoms with E-state index >= 15 is 0 Å². The first-order chi connectivity index (χ1) is 15.4. The summed E-state index contributed by atoms with van der Waals surface area (Å²) in [4.78, 5) is 20.8. The van der Waals surface area contributed by atoms with Crippen LogP contribution in [0.4, 0.5) is 20.4 Å². The van der Waals surface area contributed by atoms with E-state index in [2.05, 4.69) is 20.7 Å². The molecule has 32 heavy (non-hydrogen) atoms. The van der Waals surface area contributed by atoms with Gasteiger partial charge in [-0.05, 0) is 37.0 Å². The van der Waals surface area contributed by atoms with Crippen molar-refractivity contribution in [1.82, 2.24) is 15.4 Å². The third-order valence-electron chi connectivity index (χ3n) is 6.07. The number of aliphatic imine (C=N–C) groups is 1. The molecule has 3 aliphatic rings. The first kappa shape index (κ1) is 22.3. The van der Waals surface area contributed by atoms with Crippen LogP contribution in [0.25, 0.3) is 0 Å². The first-order valence-corrected chi connectivity index (χ1v) is 10.9. The third kappa shape index (κ3) is 4.97. The molecule has 3 atom stereocenters. The van der Waals surface area contributed by atoms with Crippen molar-refractivity contribution < 1.29 is 13.6 Å². The number of hydrazine groups is 1. The van der Waals surface area contributed by atoms with E-state index in [1.165, 1.54) is 0 Å². The van der Waals surface area contributed by atoms with E-state index in [1.54, 1.807) is 5.01 Å². The summed E-state index contributed by atoms with van der Waals surface area (Å²) in [6, 6.07) is 0.637. The highest BCUT2D eigenvalue weighted by Crippen LogP contribution is 2.35. The van der Waals surface area contributed by atoms with Crippen molar-refractivity contribution in [3.63, 3.8) is 0 Å². The number of carbonyl (C=O) groups excluding carboxylic acids is 1. The number of amides is 1. The van der Waals surface area contributed by atoms with Crippen molar-refractivity contribution in [3.8, 4) is 0 Å². The molecular formula is C22H29F2N7O. The number of anilines is 1. The lowest BCUT2D eigenvalue weighted by Gasteiger charge is -2.27. The van der Waals surface area contributed by atoms with Crippen LogP contribution < -0.4 is 22.2 Å². The van der Waals surface area contributed by atoms with Crippen LogP contribution in [-0.2, 0) is 0 Å². The van der Waals surface area contributed by atoms with Gasteiger partial charge in [0, 0.05) is 37.0 Å². The molecule has 8 nitrogen and oxygen atoms in total. The lowest BCUT2D eigenvalue weighted by molar-refractivity contribution is 0.100. The molecule has 6 N–H and O–H groups in total. The Morgan fingerprint density at radius 1 is 1.44 bits per heavy atom. The molecule has 0 spiro atoms. The summed E-state index contributed by atoms with van der Waals surface area (Å²) >= 11 is 0. The smallest absolute Gasteiger partial charge is 0.252 e. The number of allylic oxidation sites excluding steroid dienone is 1. The highest BCUT2D eigenvalue weighted by molar-refractivity contribution is 6.02. The van der Waals surface area contributed by atoms with Gasteiger partial charge in [-0.2, -0.15) is 0 Å². The summed E-state index contributed by atoms with van der Waals surface area (Å²) in [5, 5.41) is 4.89. The maximum atomic E-state index is 14.8. The van der Waals surface area contributed by atoms with Crippen molar-refractivity contribution in [3.05, 3.63) is 41.4 Å². The van der Waals surface area contributed by atoms with Crippen molar-refractivity contribution in [2.45, 2.75) is 50.7 Å². The number of fused-ring (bicyclic) bond motifs is 1. The van der Waals surface area contributed by atoms with Crippen LogP contribution in [0.3, 0.4) is 0 Å². The van der Waals surface area contributed by atoms with E-state index in [9.17, 15) is 13.6 Å². The Morgan fingerprint density at radius 2 is 2.22 bits per heavy atom. The Bertz CT molecular complexity index is 971. The Labute approximate surface area is 185 Å². The van der Waals surface area contributed by atoms with Crippen molar-refractivity contribution in [2.75, 3.05) is 18.5 Å². The number of hydrogen-bond acceptors (Lipinski definition) is 7. The lowest BCUT2D eigenvalue weighted by Crippen LogP contribution is -2.41. The molecule has 1 aromatic rings. The molecule has 0 saturated heterocycles. The van der Waals surface area contributed by atoms with Crippen LogP contribution in [0, 0.1) is 11.7 Å². The standard InChI is InChI=1S/C22H29F2N7O/c1-12(25)18(8-13-2-3-13)29-22-17(24)10-16(20(26)32)21(30-22)28-15-5-4-14-11-27-31(7-6-23)19(14)9-15/h4-5,10-13,18-19,27H,2-3,6-9,25H2,1H3,(H2,26,32)(H,29,30)/t12-,18+,19?/m0/s1. The number of nitrogens with one attached hydrogen (secondary N) is 2. The highest BCUT2D eigenvalue weighted by Gasteiger charge is 2.30. The topological polar surface area (TPSA) is 122 Å². The Balaban J connectivity index is 1.62. The molecular weight excluding hydrogens is 416 g/mol. The highest BCUT2D eigenvalue weighted by atomic mass is 19.1. The van der Waals surface area contributed by atoms with Gasteiger partial charge < -0.3 is 22.2 Å². The van der Waals surface area contributed by atoms with Crippen LogP contribution >= 0.6 is 0 Å². The minimum atomic E-state index is -0.814. The third-order valence-corrected chi connectivity index (χ3v) is 6.07. The summed E-state index contributed by atoms with van der Waals surface area (Å²) in [6.45, 7) is 1.62. The van der Waals surface area contributed by atoms with Crippen LogP contribution in [0.2, 0.25) is 0 Å². The number of aromatic nitrogens is 1. The summed E-state index contributed by atoms with van der Waals surface area (Å²) in [7, 11) is 0. The second kappa shape index (κ2) is 9.33. The van der Waals surface area contributed by atoms with E-state index in [1.807, 2.05) is 25.3 Å². The zero-order valence-electron chi connectivity index (χ0n) is 18.0. The summed E-state index contributed by atoms with van der Waals surface area (Å²) in [6.07, 6.45) is 9.14. The minimum Gasteiger partial charge on any atom is -0.365 e. The number of primary amides is 1. The van der Waals surface area contributed by atoms with Gasteiger partial charge in [0.1, 0.15) is 6.67 Å². The largest absolute Gasteiger partial charge is 0.365 e. The molecule has 172 valence electrons. The van der Waals surface area contributed by atoms with E-state index < -0.39 is 18.4 Å². The Morgan fingerprint density at radius 3 is 2.88 bits per heavy atom. The average molecular weight is 446 g/mol. The van der Waals surface area contributed by atoms with Crippen molar-refractivity contribution >= 4 is 23.3 Å². The molecule has 0 bridgehead atoms. The van der Waals surface area contributed by atoms with Crippen LogP contribution in [0.1, 0.15) is 43.0 Å². The lowest BCUT2D eigenvalue weighted by atomic mass is 9.96. The first-order valence-electron chi connectivity index (χ1n) is 10.9. The summed E-state index contributed by atoms with van der Waals surface area (Å²) < 4.78 is 27.6. The normalized spacial score (nSPS) is 23.4. The van der Waals surface area contributed by atoms with Gasteiger partial charge in [-0.25, -0.2) is 23.8 Å². The fourth-order valence-corrected chi connectivity index (χ4v) is 4.04. The quantitative estimate of drug-likeness (QED) is 0.463. The van der Waals surface area contributed by atoms with E-state index in [0.717, 1.165) is 30.9 Å². The fraction of sp³-hybridized carbons (Fsp3) is 0.500. The number of alkyl halides is 1. The maximum absolute atomic E-state index is 14.8. The molecule has 2 aliphatic carbocycles. The number of rotatable bonds is 9. The van der Waals surface area contributed by atoms with Crippen molar-refractivity contribution in [2.24, 2.45) is 22.4 Å². The predicted octanol–water partition coefficient (Wildman–Crippen LogP) is 2.32. The molecule has 4 rings (SSSR count). The maximum Gasteiger partial charge on any atom is 0.252 e. The zero-order valence-corrected chi connectivity index (χ0v) is 18.0. The van der Waals surface area contributed by atoms with Gasteiger partial charge in [-0.3, -0.25) is 4.79 Å². The second-order valence-electron chi connectivity index (χ2n) is 8.66. The number of nitrogens with zero attached hydrogens (tertiary/aromatic N) is 3. The van der Waals surface area contributed by atoms with Gasteiger partial charge in [0.15, 0.2) is 17.5 Å². The van der Waals surface area contributed by atoms with Gasteiger partial charge in [-0.15, -0.1) is 0 Å². The van der Waals surface area contributed by atoms with Crippen molar-refractivity contribution in [1.29, 1.82) is 0 Å². The number of hydrogen-bond donors (Lipinski definition) is 4. The van der Waals surface area contributed by atoms with Gasteiger partial charge in [0.2, 0.25) is 0 Å². The van der Waals surface area contributed by atoms with Crippen LogP contribution in [0.15, 0.2) is 35.0 Å². The molecule has 1 amide bonds. The Hall–Kier alpha value is -2.85. The summed E-state index contributed by atoms with van der Waals surface area (Å²) in [5.74, 6) is -0.854.